The van der Waals surface area contributed by atoms with Crippen molar-refractivity contribution in [3.63, 3.8) is 0 Å². The number of nitrogens with zero attached hydrogens (tertiary/aromatic N) is 1. The Labute approximate surface area is 116 Å². The van der Waals surface area contributed by atoms with E-state index < -0.39 is 0 Å². The fourth-order valence-corrected chi connectivity index (χ4v) is 2.19. The highest BCUT2D eigenvalue weighted by Crippen LogP contribution is 2.13. The number of pyridine rings is 2. The first-order valence-electron chi connectivity index (χ1n) is 6.50. The number of H-pyrrole nitrogens is 1. The van der Waals surface area contributed by atoms with E-state index in [9.17, 15) is 4.79 Å². The third kappa shape index (κ3) is 2.40. The Hall–Kier alpha value is -2.62. The van der Waals surface area contributed by atoms with Gasteiger partial charge in [-0.05, 0) is 36.6 Å². The molecule has 3 aromatic rings. The molecule has 100 valence electrons. The fourth-order valence-electron chi connectivity index (χ4n) is 2.19. The van der Waals surface area contributed by atoms with E-state index in [2.05, 4.69) is 15.3 Å². The van der Waals surface area contributed by atoms with Gasteiger partial charge in [0.25, 0.3) is 5.56 Å². The zero-order valence-electron chi connectivity index (χ0n) is 11.2. The first-order chi connectivity index (χ1) is 9.74. The van der Waals surface area contributed by atoms with E-state index >= 15 is 0 Å². The highest BCUT2D eigenvalue weighted by atomic mass is 16.1. The molecule has 20 heavy (non-hydrogen) atoms. The molecule has 4 heteroatoms. The highest BCUT2D eigenvalue weighted by molar-refractivity contribution is 5.78. The standard InChI is InChI=1S/C16H15N3O/c1-11-14(7-4-8-17-11)18-10-13-9-12-5-2-3-6-15(12)19-16(13)20/h2-9,18H,10H2,1H3,(H,19,20). The molecule has 0 aliphatic heterocycles. The van der Waals surface area contributed by atoms with Crippen molar-refractivity contribution in [2.45, 2.75) is 13.5 Å². The summed E-state index contributed by atoms with van der Waals surface area (Å²) in [6.07, 6.45) is 1.75. The Bertz CT molecular complexity index is 808. The van der Waals surface area contributed by atoms with Crippen molar-refractivity contribution in [1.82, 2.24) is 9.97 Å². The molecule has 0 amide bonds. The van der Waals surface area contributed by atoms with Crippen LogP contribution < -0.4 is 10.9 Å². The van der Waals surface area contributed by atoms with Gasteiger partial charge in [-0.3, -0.25) is 9.78 Å². The number of fused-ring (bicyclic) bond motifs is 1. The van der Waals surface area contributed by atoms with Gasteiger partial charge >= 0.3 is 0 Å². The summed E-state index contributed by atoms with van der Waals surface area (Å²) in [5, 5.41) is 4.29. The smallest absolute Gasteiger partial charge is 0.253 e. The molecule has 0 aliphatic rings. The van der Waals surface area contributed by atoms with Gasteiger partial charge in [0.2, 0.25) is 0 Å². The van der Waals surface area contributed by atoms with Gasteiger partial charge in [-0.25, -0.2) is 0 Å². The first-order valence-corrected chi connectivity index (χ1v) is 6.50. The molecule has 3 rings (SSSR count). The number of hydrogen-bond donors (Lipinski definition) is 2. The summed E-state index contributed by atoms with van der Waals surface area (Å²) in [5.74, 6) is 0. The van der Waals surface area contributed by atoms with E-state index in [1.54, 1.807) is 6.20 Å². The van der Waals surface area contributed by atoms with Crippen molar-refractivity contribution < 1.29 is 0 Å². The highest BCUT2D eigenvalue weighted by Gasteiger charge is 2.03. The first kappa shape index (κ1) is 12.4. The van der Waals surface area contributed by atoms with E-state index in [1.165, 1.54) is 0 Å². The van der Waals surface area contributed by atoms with Gasteiger partial charge < -0.3 is 10.3 Å². The molecule has 2 heterocycles. The molecule has 0 saturated heterocycles. The van der Waals surface area contributed by atoms with Crippen LogP contribution in [0.15, 0.2) is 53.5 Å². The van der Waals surface area contributed by atoms with E-state index in [4.69, 9.17) is 0 Å². The topological polar surface area (TPSA) is 57.8 Å². The maximum absolute atomic E-state index is 12.0. The van der Waals surface area contributed by atoms with Gasteiger partial charge in [0.05, 0.1) is 11.4 Å². The molecule has 0 unspecified atom stereocenters. The summed E-state index contributed by atoms with van der Waals surface area (Å²) in [7, 11) is 0. The summed E-state index contributed by atoms with van der Waals surface area (Å²) in [4.78, 5) is 19.1. The lowest BCUT2D eigenvalue weighted by atomic mass is 10.1. The van der Waals surface area contributed by atoms with Crippen LogP contribution in [0.1, 0.15) is 11.3 Å². The second-order valence-electron chi connectivity index (χ2n) is 4.70. The Morgan fingerprint density at radius 2 is 2.05 bits per heavy atom. The quantitative estimate of drug-likeness (QED) is 0.765. The average molecular weight is 265 g/mol. The Morgan fingerprint density at radius 1 is 1.20 bits per heavy atom. The maximum atomic E-state index is 12.0. The lowest BCUT2D eigenvalue weighted by molar-refractivity contribution is 1.07. The number of para-hydroxylation sites is 1. The minimum Gasteiger partial charge on any atom is -0.379 e. The summed E-state index contributed by atoms with van der Waals surface area (Å²) < 4.78 is 0. The van der Waals surface area contributed by atoms with Crippen LogP contribution in [0.5, 0.6) is 0 Å². The lowest BCUT2D eigenvalue weighted by Gasteiger charge is -2.08. The van der Waals surface area contributed by atoms with Gasteiger partial charge in [0.1, 0.15) is 0 Å². The predicted molar refractivity (Wildman–Crippen MR) is 80.9 cm³/mol. The summed E-state index contributed by atoms with van der Waals surface area (Å²) in [6.45, 7) is 2.42. The monoisotopic (exact) mass is 265 g/mol. The molecular formula is C16H15N3O. The summed E-state index contributed by atoms with van der Waals surface area (Å²) in [5.41, 5.74) is 3.38. The van der Waals surface area contributed by atoms with Crippen LogP contribution in [-0.2, 0) is 6.54 Å². The van der Waals surface area contributed by atoms with Crippen molar-refractivity contribution in [2.75, 3.05) is 5.32 Å². The zero-order valence-corrected chi connectivity index (χ0v) is 11.2. The van der Waals surface area contributed by atoms with Crippen molar-refractivity contribution in [3.05, 3.63) is 70.3 Å². The van der Waals surface area contributed by atoms with Crippen LogP contribution in [-0.4, -0.2) is 9.97 Å². The number of rotatable bonds is 3. The second kappa shape index (κ2) is 5.17. The SMILES string of the molecule is Cc1ncccc1NCc1cc2ccccc2[nH]c1=O. The van der Waals surface area contributed by atoms with Crippen molar-refractivity contribution in [2.24, 2.45) is 0 Å². The number of anilines is 1. The van der Waals surface area contributed by atoms with Gasteiger partial charge in [0, 0.05) is 23.8 Å². The van der Waals surface area contributed by atoms with Gasteiger partial charge in [-0.15, -0.1) is 0 Å². The van der Waals surface area contributed by atoms with Crippen LogP contribution in [0.4, 0.5) is 5.69 Å². The van der Waals surface area contributed by atoms with Crippen molar-refractivity contribution in [1.29, 1.82) is 0 Å². The Balaban J connectivity index is 1.89. The van der Waals surface area contributed by atoms with Gasteiger partial charge in [-0.1, -0.05) is 18.2 Å². The average Bonchev–Trinajstić information content (AvgIpc) is 2.46. The molecule has 0 aliphatic carbocycles. The molecule has 4 nitrogen and oxygen atoms in total. The van der Waals surface area contributed by atoms with Crippen LogP contribution in [0.3, 0.4) is 0 Å². The molecule has 0 spiro atoms. The number of hydrogen-bond acceptors (Lipinski definition) is 3. The summed E-state index contributed by atoms with van der Waals surface area (Å²) in [6, 6.07) is 13.5. The van der Waals surface area contributed by atoms with Crippen LogP contribution in [0.25, 0.3) is 10.9 Å². The molecule has 0 bridgehead atoms. The number of nitrogens with one attached hydrogen (secondary N) is 2. The van der Waals surface area contributed by atoms with Gasteiger partial charge in [-0.2, -0.15) is 0 Å². The fraction of sp³-hybridized carbons (Fsp3) is 0.125. The molecular weight excluding hydrogens is 250 g/mol. The van der Waals surface area contributed by atoms with E-state index in [0.29, 0.717) is 12.1 Å². The molecule has 0 atom stereocenters. The summed E-state index contributed by atoms with van der Waals surface area (Å²) >= 11 is 0. The normalized spacial score (nSPS) is 10.7. The molecule has 0 radical (unpaired) electrons. The Kier molecular flexibility index (Phi) is 3.21. The predicted octanol–water partition coefficient (Wildman–Crippen LogP) is 2.84. The van der Waals surface area contributed by atoms with Crippen LogP contribution >= 0.6 is 0 Å². The Morgan fingerprint density at radius 3 is 2.90 bits per heavy atom. The van der Waals surface area contributed by atoms with Crippen LogP contribution in [0, 0.1) is 6.92 Å². The third-order valence-corrected chi connectivity index (χ3v) is 3.31. The minimum atomic E-state index is -0.0576. The largest absolute Gasteiger partial charge is 0.379 e. The van der Waals surface area contributed by atoms with Gasteiger partial charge in [0.15, 0.2) is 0 Å². The van der Waals surface area contributed by atoms with Crippen molar-refractivity contribution >= 4 is 16.6 Å². The molecule has 1 aromatic carbocycles. The third-order valence-electron chi connectivity index (χ3n) is 3.31. The molecule has 2 aromatic heterocycles. The van der Waals surface area contributed by atoms with E-state index in [0.717, 1.165) is 22.3 Å². The lowest BCUT2D eigenvalue weighted by Crippen LogP contribution is -2.16. The minimum absolute atomic E-state index is 0.0576. The number of aromatic amines is 1. The number of aryl methyl sites for hydroxylation is 1. The zero-order chi connectivity index (χ0) is 13.9. The second-order valence-corrected chi connectivity index (χ2v) is 4.70. The van der Waals surface area contributed by atoms with E-state index in [-0.39, 0.29) is 5.56 Å². The van der Waals surface area contributed by atoms with E-state index in [1.807, 2.05) is 49.4 Å². The number of benzene rings is 1. The van der Waals surface area contributed by atoms with Crippen molar-refractivity contribution in [3.8, 4) is 0 Å². The molecule has 0 saturated carbocycles. The number of aromatic nitrogens is 2. The maximum Gasteiger partial charge on any atom is 0.253 e. The van der Waals surface area contributed by atoms with Crippen LogP contribution in [0.2, 0.25) is 0 Å². The molecule has 0 fully saturated rings. The molecule has 2 N–H and O–H groups in total.